The van der Waals surface area contributed by atoms with Crippen LogP contribution in [0, 0.1) is 18.3 Å². The van der Waals surface area contributed by atoms with E-state index in [2.05, 4.69) is 11.0 Å². The van der Waals surface area contributed by atoms with Crippen LogP contribution in [0.4, 0.5) is 4.79 Å². The summed E-state index contributed by atoms with van der Waals surface area (Å²) in [5.41, 5.74) is 3.29. The minimum absolute atomic E-state index is 0.000556. The van der Waals surface area contributed by atoms with Crippen molar-refractivity contribution in [3.63, 3.8) is 0 Å². The van der Waals surface area contributed by atoms with Gasteiger partial charge >= 0.3 is 6.09 Å². The molecule has 2 saturated heterocycles. The van der Waals surface area contributed by atoms with Gasteiger partial charge in [-0.1, -0.05) is 50.6 Å². The highest BCUT2D eigenvalue weighted by atomic mass is 32.2. The first kappa shape index (κ1) is 30.6. The van der Waals surface area contributed by atoms with E-state index < -0.39 is 16.2 Å². The van der Waals surface area contributed by atoms with Gasteiger partial charge in [0.15, 0.2) is 0 Å². The van der Waals surface area contributed by atoms with Gasteiger partial charge in [-0.3, -0.25) is 9.45 Å². The standard InChI is InChI=1S/C18H23N3O3.C11H16O3S/c19-9-15-6-4-14(5-7-15)3-1-2-8-20-10-16-12-21(18(22)23)13-17(11-20)24-16;1-8-5-6-10(15(12,13)14)9(7-8)11(2,3)4/h4-7,16-17H,1-3,8,10-13H2,(H,22,23);5-7H,1-4H3,(H,12,13,14). The Labute approximate surface area is 231 Å². The summed E-state index contributed by atoms with van der Waals surface area (Å²) in [7, 11) is -4.13. The minimum Gasteiger partial charge on any atom is -0.465 e. The molecule has 2 N–H and O–H groups in total. The van der Waals surface area contributed by atoms with Crippen LogP contribution in [-0.4, -0.2) is 78.9 Å². The van der Waals surface area contributed by atoms with E-state index in [4.69, 9.17) is 19.7 Å². The van der Waals surface area contributed by atoms with Crippen LogP contribution in [0.5, 0.6) is 0 Å². The maximum absolute atomic E-state index is 11.2. The van der Waals surface area contributed by atoms with E-state index in [1.54, 1.807) is 12.1 Å². The Kier molecular flexibility index (Phi) is 10.1. The lowest BCUT2D eigenvalue weighted by Gasteiger charge is -2.45. The second-order valence-electron chi connectivity index (χ2n) is 11.3. The molecule has 2 aliphatic rings. The van der Waals surface area contributed by atoms with Crippen LogP contribution in [0.1, 0.15) is 55.9 Å². The average Bonchev–Trinajstić information content (AvgIpc) is 2.85. The summed E-state index contributed by atoms with van der Waals surface area (Å²) in [5.74, 6) is 0. The monoisotopic (exact) mass is 557 g/mol. The van der Waals surface area contributed by atoms with Crippen molar-refractivity contribution in [2.75, 3.05) is 32.7 Å². The molecule has 2 fully saturated rings. The third kappa shape index (κ3) is 9.04. The lowest BCUT2D eigenvalue weighted by molar-refractivity contribution is -0.131. The molecule has 0 saturated carbocycles. The maximum Gasteiger partial charge on any atom is 0.407 e. The molecule has 2 bridgehead atoms. The van der Waals surface area contributed by atoms with Gasteiger partial charge in [0.05, 0.1) is 41.8 Å². The fourth-order valence-corrected chi connectivity index (χ4v) is 5.86. The molecule has 2 unspecified atom stereocenters. The second-order valence-corrected chi connectivity index (χ2v) is 12.7. The number of hydrogen-bond acceptors (Lipinski definition) is 6. The van der Waals surface area contributed by atoms with Crippen molar-refractivity contribution in [3.8, 4) is 6.07 Å². The fraction of sp³-hybridized carbons (Fsp3) is 0.517. The Balaban J connectivity index is 0.000000242. The lowest BCUT2D eigenvalue weighted by atomic mass is 9.86. The smallest absolute Gasteiger partial charge is 0.407 e. The molecule has 2 aromatic rings. The number of carboxylic acid groups (broad SMARTS) is 1. The molecule has 4 rings (SSSR count). The van der Waals surface area contributed by atoms with Gasteiger partial charge in [-0.05, 0) is 67.5 Å². The number of aryl methyl sites for hydroxylation is 2. The van der Waals surface area contributed by atoms with Crippen molar-refractivity contribution in [2.45, 2.75) is 69.5 Å². The van der Waals surface area contributed by atoms with Crippen LogP contribution in [-0.2, 0) is 26.7 Å². The van der Waals surface area contributed by atoms with Crippen molar-refractivity contribution < 1.29 is 27.6 Å². The number of rotatable bonds is 6. The molecule has 2 heterocycles. The third-order valence-corrected chi connectivity index (χ3v) is 7.83. The van der Waals surface area contributed by atoms with Crippen LogP contribution in [0.15, 0.2) is 47.4 Å². The molecule has 9 nitrogen and oxygen atoms in total. The van der Waals surface area contributed by atoms with Crippen LogP contribution in [0.2, 0.25) is 0 Å². The Hall–Kier alpha value is -2.97. The first-order chi connectivity index (χ1) is 18.3. The first-order valence-electron chi connectivity index (χ1n) is 13.2. The van der Waals surface area contributed by atoms with Gasteiger partial charge in [0.2, 0.25) is 0 Å². The maximum atomic E-state index is 11.2. The Morgan fingerprint density at radius 3 is 2.18 bits per heavy atom. The molecule has 212 valence electrons. The summed E-state index contributed by atoms with van der Waals surface area (Å²) in [6, 6.07) is 14.8. The normalized spacial score (nSPS) is 19.5. The van der Waals surface area contributed by atoms with Gasteiger partial charge in [-0.15, -0.1) is 0 Å². The van der Waals surface area contributed by atoms with E-state index >= 15 is 0 Å². The predicted molar refractivity (Wildman–Crippen MR) is 148 cm³/mol. The van der Waals surface area contributed by atoms with Gasteiger partial charge in [0.25, 0.3) is 10.1 Å². The van der Waals surface area contributed by atoms with E-state index in [1.807, 2.05) is 52.0 Å². The number of benzene rings is 2. The molecular weight excluding hydrogens is 518 g/mol. The first-order valence-corrected chi connectivity index (χ1v) is 14.6. The molecule has 0 aliphatic carbocycles. The molecule has 39 heavy (non-hydrogen) atoms. The zero-order valence-corrected chi connectivity index (χ0v) is 23.9. The highest BCUT2D eigenvalue weighted by molar-refractivity contribution is 7.85. The molecule has 10 heteroatoms. The van der Waals surface area contributed by atoms with Crippen molar-refractivity contribution in [3.05, 3.63) is 64.7 Å². The van der Waals surface area contributed by atoms with E-state index in [-0.39, 0.29) is 22.5 Å². The number of unbranched alkanes of at least 4 members (excludes halogenated alkanes) is 1. The Morgan fingerprint density at radius 1 is 1.05 bits per heavy atom. The van der Waals surface area contributed by atoms with Gasteiger partial charge in [0.1, 0.15) is 0 Å². The molecule has 0 aromatic heterocycles. The molecule has 2 atom stereocenters. The molecule has 0 radical (unpaired) electrons. The molecule has 2 aromatic carbocycles. The van der Waals surface area contributed by atoms with E-state index in [0.29, 0.717) is 24.2 Å². The number of hydrogen-bond donors (Lipinski definition) is 2. The highest BCUT2D eigenvalue weighted by Gasteiger charge is 2.36. The largest absolute Gasteiger partial charge is 0.465 e. The van der Waals surface area contributed by atoms with Crippen molar-refractivity contribution >= 4 is 16.2 Å². The SMILES string of the molecule is Cc1ccc(S(=O)(=O)O)c(C(C)(C)C)c1.N#Cc1ccc(CCCCN2CC3CN(C(=O)O)CC(C2)O3)cc1. The summed E-state index contributed by atoms with van der Waals surface area (Å²) in [6.45, 7) is 11.3. The van der Waals surface area contributed by atoms with E-state index in [9.17, 15) is 13.2 Å². The molecular formula is C29H39N3O6S. The fourth-order valence-electron chi connectivity index (χ4n) is 4.98. The van der Waals surface area contributed by atoms with Crippen LogP contribution in [0.25, 0.3) is 0 Å². The van der Waals surface area contributed by atoms with Crippen LogP contribution < -0.4 is 0 Å². The molecule has 0 spiro atoms. The molecule has 1 amide bonds. The lowest BCUT2D eigenvalue weighted by Crippen LogP contribution is -2.60. The zero-order valence-electron chi connectivity index (χ0n) is 23.1. The second kappa shape index (κ2) is 12.9. The topological polar surface area (TPSA) is 131 Å². The summed E-state index contributed by atoms with van der Waals surface area (Å²) in [6.07, 6.45) is 2.42. The number of morpholine rings is 2. The van der Waals surface area contributed by atoms with Crippen LogP contribution >= 0.6 is 0 Å². The van der Waals surface area contributed by atoms with Crippen molar-refractivity contribution in [1.29, 1.82) is 5.26 Å². The zero-order chi connectivity index (χ0) is 28.8. The van der Waals surface area contributed by atoms with Crippen molar-refractivity contribution in [1.82, 2.24) is 9.80 Å². The number of fused-ring (bicyclic) bond motifs is 2. The van der Waals surface area contributed by atoms with Crippen molar-refractivity contribution in [2.24, 2.45) is 0 Å². The van der Waals surface area contributed by atoms with Gasteiger partial charge in [-0.25, -0.2) is 4.79 Å². The van der Waals surface area contributed by atoms with Gasteiger partial charge in [0, 0.05) is 13.1 Å². The average molecular weight is 558 g/mol. The van der Waals surface area contributed by atoms with Crippen LogP contribution in [0.3, 0.4) is 0 Å². The summed E-state index contributed by atoms with van der Waals surface area (Å²) >= 11 is 0. The number of carbonyl (C=O) groups is 1. The number of nitrogens with zero attached hydrogens (tertiary/aromatic N) is 3. The number of amides is 1. The summed E-state index contributed by atoms with van der Waals surface area (Å²) in [4.78, 5) is 15.0. The van der Waals surface area contributed by atoms with E-state index in [1.165, 1.54) is 16.5 Å². The highest BCUT2D eigenvalue weighted by Crippen LogP contribution is 2.29. The Morgan fingerprint density at radius 2 is 1.67 bits per heavy atom. The Bertz CT molecular complexity index is 1270. The third-order valence-electron chi connectivity index (χ3n) is 6.92. The number of ether oxygens (including phenoxy) is 1. The number of nitriles is 1. The minimum atomic E-state index is -4.13. The summed E-state index contributed by atoms with van der Waals surface area (Å²) in [5, 5.41) is 17.9. The predicted octanol–water partition coefficient (Wildman–Crippen LogP) is 4.48. The van der Waals surface area contributed by atoms with E-state index in [0.717, 1.165) is 44.5 Å². The van der Waals surface area contributed by atoms with Gasteiger partial charge in [-0.2, -0.15) is 13.7 Å². The molecule has 2 aliphatic heterocycles. The summed E-state index contributed by atoms with van der Waals surface area (Å²) < 4.78 is 37.3. The quantitative estimate of drug-likeness (QED) is 0.393. The van der Waals surface area contributed by atoms with Gasteiger partial charge < -0.3 is 14.7 Å².